The van der Waals surface area contributed by atoms with Crippen molar-refractivity contribution in [3.63, 3.8) is 0 Å². The van der Waals surface area contributed by atoms with Crippen molar-refractivity contribution in [2.24, 2.45) is 0 Å². The lowest BCUT2D eigenvalue weighted by atomic mass is 10.1. The number of ether oxygens (including phenoxy) is 1. The molecule has 4 aromatic rings. The average Bonchev–Trinajstić information content (AvgIpc) is 3.47. The lowest BCUT2D eigenvalue weighted by Crippen LogP contribution is -2.42. The Morgan fingerprint density at radius 2 is 2.09 bits per heavy atom. The fourth-order valence-corrected chi connectivity index (χ4v) is 4.12. The van der Waals surface area contributed by atoms with Crippen LogP contribution >= 0.6 is 0 Å². The van der Waals surface area contributed by atoms with E-state index in [2.05, 4.69) is 20.5 Å². The van der Waals surface area contributed by atoms with Crippen LogP contribution in [0.1, 0.15) is 34.8 Å². The molecule has 168 valence electrons. The molecule has 0 aliphatic carbocycles. The molecular weight excluding hydrogens is 420 g/mol. The first-order chi connectivity index (χ1) is 16.0. The number of aromatic nitrogens is 4. The Labute approximate surface area is 190 Å². The first-order valence-corrected chi connectivity index (χ1v) is 10.8. The highest BCUT2D eigenvalue weighted by Crippen LogP contribution is 2.31. The number of H-pyrrole nitrogens is 2. The summed E-state index contributed by atoms with van der Waals surface area (Å²) in [6.45, 7) is 4.60. The van der Waals surface area contributed by atoms with Gasteiger partial charge < -0.3 is 19.9 Å². The summed E-state index contributed by atoms with van der Waals surface area (Å²) in [5.41, 5.74) is 5.03. The van der Waals surface area contributed by atoms with E-state index in [1.807, 2.05) is 49.4 Å². The minimum absolute atomic E-state index is 0.189. The molecule has 0 unspecified atom stereocenters. The Morgan fingerprint density at radius 1 is 1.21 bits per heavy atom. The van der Waals surface area contributed by atoms with Crippen molar-refractivity contribution < 1.29 is 14.3 Å². The van der Waals surface area contributed by atoms with Gasteiger partial charge in [0.2, 0.25) is 5.91 Å². The van der Waals surface area contributed by atoms with E-state index in [1.165, 1.54) is 6.92 Å². The normalized spacial score (nSPS) is 16.2. The summed E-state index contributed by atoms with van der Waals surface area (Å²) in [7, 11) is 0. The zero-order valence-electron chi connectivity index (χ0n) is 18.4. The maximum Gasteiger partial charge on any atom is 0.272 e. The molecule has 1 atom stereocenters. The van der Waals surface area contributed by atoms with Gasteiger partial charge in [0.05, 0.1) is 35.9 Å². The first kappa shape index (κ1) is 20.9. The fraction of sp³-hybridized carbons (Fsp3) is 0.250. The summed E-state index contributed by atoms with van der Waals surface area (Å²) in [6.07, 6.45) is 1.32. The number of hydrogen-bond acceptors (Lipinski definition) is 5. The van der Waals surface area contributed by atoms with Gasteiger partial charge in [-0.2, -0.15) is 5.10 Å². The maximum atomic E-state index is 13.5. The van der Waals surface area contributed by atoms with Gasteiger partial charge in [-0.3, -0.25) is 14.7 Å². The quantitative estimate of drug-likeness (QED) is 0.446. The number of aryl methyl sites for hydroxylation is 1. The Hall–Kier alpha value is -3.98. The number of pyridine rings is 1. The maximum absolute atomic E-state index is 13.5. The topological polar surface area (TPSA) is 116 Å². The second kappa shape index (κ2) is 8.51. The Kier molecular flexibility index (Phi) is 5.39. The van der Waals surface area contributed by atoms with Crippen LogP contribution in [0.4, 0.5) is 5.69 Å². The Bertz CT molecular complexity index is 1330. The van der Waals surface area contributed by atoms with Gasteiger partial charge in [0, 0.05) is 30.6 Å². The lowest BCUT2D eigenvalue weighted by Gasteiger charge is -2.32. The molecular formula is C24H24N6O3. The molecule has 1 fully saturated rings. The second-order valence-electron chi connectivity index (χ2n) is 8.13. The molecule has 3 N–H and O–H groups in total. The SMILES string of the molecule is CC(=O)Nc1c(C(=O)N2CCO[C@H](c3cccc(-c4ccn[nH]4)n3)C2)[nH]c2ccc(C)cc12. The van der Waals surface area contributed by atoms with Crippen LogP contribution in [-0.4, -0.2) is 56.6 Å². The zero-order chi connectivity index (χ0) is 22.9. The third kappa shape index (κ3) is 4.10. The predicted molar refractivity (Wildman–Crippen MR) is 124 cm³/mol. The highest BCUT2D eigenvalue weighted by molar-refractivity contribution is 6.12. The zero-order valence-corrected chi connectivity index (χ0v) is 18.4. The lowest BCUT2D eigenvalue weighted by molar-refractivity contribution is -0.114. The number of nitrogens with zero attached hydrogens (tertiary/aromatic N) is 3. The van der Waals surface area contributed by atoms with Crippen LogP contribution in [0, 0.1) is 6.92 Å². The summed E-state index contributed by atoms with van der Waals surface area (Å²) in [5.74, 6) is -0.420. The highest BCUT2D eigenvalue weighted by atomic mass is 16.5. The van der Waals surface area contributed by atoms with Crippen molar-refractivity contribution in [1.82, 2.24) is 25.1 Å². The van der Waals surface area contributed by atoms with Gasteiger partial charge >= 0.3 is 0 Å². The number of hydrogen-bond donors (Lipinski definition) is 3. The first-order valence-electron chi connectivity index (χ1n) is 10.8. The van der Waals surface area contributed by atoms with Crippen molar-refractivity contribution in [3.05, 3.63) is 65.6 Å². The van der Waals surface area contributed by atoms with Crippen LogP contribution in [0.5, 0.6) is 0 Å². The van der Waals surface area contributed by atoms with Crippen molar-refractivity contribution >= 4 is 28.4 Å². The van der Waals surface area contributed by atoms with Gasteiger partial charge in [-0.1, -0.05) is 17.7 Å². The molecule has 33 heavy (non-hydrogen) atoms. The molecule has 0 saturated carbocycles. The van der Waals surface area contributed by atoms with Crippen LogP contribution < -0.4 is 5.32 Å². The largest absolute Gasteiger partial charge is 0.368 e. The molecule has 9 nitrogen and oxygen atoms in total. The number of anilines is 1. The number of carbonyl (C=O) groups is 2. The third-order valence-electron chi connectivity index (χ3n) is 5.70. The van der Waals surface area contributed by atoms with E-state index in [0.717, 1.165) is 33.5 Å². The van der Waals surface area contributed by atoms with Gasteiger partial charge in [-0.25, -0.2) is 4.98 Å². The number of morpholine rings is 1. The summed E-state index contributed by atoms with van der Waals surface area (Å²) >= 11 is 0. The van der Waals surface area contributed by atoms with E-state index in [4.69, 9.17) is 9.72 Å². The molecule has 9 heteroatoms. The molecule has 1 aromatic carbocycles. The van der Waals surface area contributed by atoms with E-state index >= 15 is 0 Å². The van der Waals surface area contributed by atoms with Crippen molar-refractivity contribution in [2.75, 3.05) is 25.0 Å². The van der Waals surface area contributed by atoms with Gasteiger partial charge in [-0.05, 0) is 37.3 Å². The molecule has 5 rings (SSSR count). The standard InChI is InChI=1S/C24H24N6O3/c1-14-6-7-17-16(12-14)22(26-15(2)31)23(28-17)24(32)30-10-11-33-21(13-30)20-5-3-4-18(27-20)19-8-9-25-29-19/h3-9,12,21,28H,10-11,13H2,1-2H3,(H,25,29)(H,26,31)/t21-/m0/s1. The van der Waals surface area contributed by atoms with Crippen LogP contribution in [-0.2, 0) is 9.53 Å². The molecule has 4 heterocycles. The smallest absolute Gasteiger partial charge is 0.272 e. The molecule has 0 bridgehead atoms. The molecule has 1 saturated heterocycles. The molecule has 1 aliphatic rings. The van der Waals surface area contributed by atoms with E-state index < -0.39 is 0 Å². The number of aromatic amines is 2. The summed E-state index contributed by atoms with van der Waals surface area (Å²) < 4.78 is 5.96. The van der Waals surface area contributed by atoms with Gasteiger partial charge in [0.15, 0.2) is 0 Å². The Morgan fingerprint density at radius 3 is 2.88 bits per heavy atom. The van der Waals surface area contributed by atoms with Crippen LogP contribution in [0.25, 0.3) is 22.3 Å². The number of rotatable bonds is 4. The van der Waals surface area contributed by atoms with E-state index in [1.54, 1.807) is 11.1 Å². The molecule has 1 aliphatic heterocycles. The summed E-state index contributed by atoms with van der Waals surface area (Å²) in [5, 5.41) is 10.5. The minimum Gasteiger partial charge on any atom is -0.368 e. The van der Waals surface area contributed by atoms with Crippen molar-refractivity contribution in [2.45, 2.75) is 20.0 Å². The Balaban J connectivity index is 1.44. The number of benzene rings is 1. The van der Waals surface area contributed by atoms with Crippen LogP contribution in [0.2, 0.25) is 0 Å². The summed E-state index contributed by atoms with van der Waals surface area (Å²) in [6, 6.07) is 13.4. The van der Waals surface area contributed by atoms with Crippen LogP contribution in [0.15, 0.2) is 48.7 Å². The molecule has 2 amide bonds. The predicted octanol–water partition coefficient (Wildman–Crippen LogP) is 3.43. The fourth-order valence-electron chi connectivity index (χ4n) is 4.12. The van der Waals surface area contributed by atoms with Gasteiger partial charge in [-0.15, -0.1) is 0 Å². The summed E-state index contributed by atoms with van der Waals surface area (Å²) in [4.78, 5) is 35.1. The number of fused-ring (bicyclic) bond motifs is 1. The van der Waals surface area contributed by atoms with Gasteiger partial charge in [0.25, 0.3) is 5.91 Å². The van der Waals surface area contributed by atoms with Crippen molar-refractivity contribution in [3.8, 4) is 11.4 Å². The monoisotopic (exact) mass is 444 g/mol. The second-order valence-corrected chi connectivity index (χ2v) is 8.13. The van der Waals surface area contributed by atoms with Crippen LogP contribution in [0.3, 0.4) is 0 Å². The van der Waals surface area contributed by atoms with Gasteiger partial charge in [0.1, 0.15) is 11.8 Å². The van der Waals surface area contributed by atoms with E-state index in [-0.39, 0.29) is 17.9 Å². The number of amides is 2. The number of nitrogens with one attached hydrogen (secondary N) is 3. The molecule has 3 aromatic heterocycles. The molecule has 0 spiro atoms. The van der Waals surface area contributed by atoms with E-state index in [0.29, 0.717) is 31.1 Å². The minimum atomic E-state index is -0.360. The third-order valence-corrected chi connectivity index (χ3v) is 5.70. The van der Waals surface area contributed by atoms with E-state index in [9.17, 15) is 9.59 Å². The number of carbonyl (C=O) groups excluding carboxylic acids is 2. The average molecular weight is 444 g/mol. The molecule has 0 radical (unpaired) electrons. The van der Waals surface area contributed by atoms with Crippen molar-refractivity contribution in [1.29, 1.82) is 0 Å². The highest BCUT2D eigenvalue weighted by Gasteiger charge is 2.30.